The summed E-state index contributed by atoms with van der Waals surface area (Å²) in [6.45, 7) is 1.97. The van der Waals surface area contributed by atoms with Crippen LogP contribution in [0.25, 0.3) is 10.9 Å². The number of benzene rings is 1. The van der Waals surface area contributed by atoms with Crippen LogP contribution in [0.4, 0.5) is 4.39 Å². The molecule has 1 aliphatic rings. The van der Waals surface area contributed by atoms with Crippen LogP contribution in [0.3, 0.4) is 0 Å². The van der Waals surface area contributed by atoms with Crippen molar-refractivity contribution < 1.29 is 4.39 Å². The second-order valence-corrected chi connectivity index (χ2v) is 4.70. The van der Waals surface area contributed by atoms with Gasteiger partial charge in [-0.1, -0.05) is 6.42 Å². The van der Waals surface area contributed by atoms with Crippen LogP contribution in [0.1, 0.15) is 19.3 Å². The zero-order valence-electron chi connectivity index (χ0n) is 9.69. The van der Waals surface area contributed by atoms with Crippen molar-refractivity contribution in [3.8, 4) is 0 Å². The van der Waals surface area contributed by atoms with Crippen molar-refractivity contribution in [2.45, 2.75) is 31.8 Å². The monoisotopic (exact) mass is 233 g/mol. The molecule has 4 heteroatoms. The molecule has 0 saturated carbocycles. The Morgan fingerprint density at radius 1 is 1.41 bits per heavy atom. The van der Waals surface area contributed by atoms with Gasteiger partial charge in [0, 0.05) is 17.6 Å². The van der Waals surface area contributed by atoms with Crippen molar-refractivity contribution in [2.75, 3.05) is 6.54 Å². The zero-order valence-corrected chi connectivity index (χ0v) is 9.69. The van der Waals surface area contributed by atoms with Crippen LogP contribution in [-0.2, 0) is 6.54 Å². The third-order valence-corrected chi connectivity index (χ3v) is 3.33. The first-order valence-corrected chi connectivity index (χ1v) is 6.17. The lowest BCUT2D eigenvalue weighted by molar-refractivity contribution is 0.352. The summed E-state index contributed by atoms with van der Waals surface area (Å²) >= 11 is 0. The predicted octanol–water partition coefficient (Wildman–Crippen LogP) is 2.32. The standard InChI is InChI=1S/C13H16FN3/c14-11-4-5-13-10(7-11)8-17(16-13)9-12-3-1-2-6-15-12/h4-5,7-8,12,15H,1-3,6,9H2. The van der Waals surface area contributed by atoms with Crippen molar-refractivity contribution in [1.29, 1.82) is 0 Å². The minimum atomic E-state index is -0.201. The highest BCUT2D eigenvalue weighted by atomic mass is 19.1. The van der Waals surface area contributed by atoms with Gasteiger partial charge in [-0.3, -0.25) is 4.68 Å². The fourth-order valence-corrected chi connectivity index (χ4v) is 2.45. The van der Waals surface area contributed by atoms with E-state index in [-0.39, 0.29) is 5.82 Å². The highest BCUT2D eigenvalue weighted by Gasteiger charge is 2.13. The molecule has 3 nitrogen and oxygen atoms in total. The first-order chi connectivity index (χ1) is 8.31. The van der Waals surface area contributed by atoms with Crippen LogP contribution in [0.2, 0.25) is 0 Å². The molecule has 1 aromatic heterocycles. The molecule has 1 fully saturated rings. The van der Waals surface area contributed by atoms with Crippen LogP contribution in [0, 0.1) is 5.82 Å². The van der Waals surface area contributed by atoms with Crippen LogP contribution in [0.5, 0.6) is 0 Å². The SMILES string of the molecule is Fc1ccc2nn(CC3CCCCN3)cc2c1. The second kappa shape index (κ2) is 4.45. The molecule has 2 aromatic rings. The summed E-state index contributed by atoms with van der Waals surface area (Å²) in [6.07, 6.45) is 5.68. The van der Waals surface area contributed by atoms with E-state index in [1.165, 1.54) is 31.4 Å². The van der Waals surface area contributed by atoms with E-state index in [0.717, 1.165) is 24.0 Å². The fourth-order valence-electron chi connectivity index (χ4n) is 2.45. The van der Waals surface area contributed by atoms with Gasteiger partial charge in [-0.2, -0.15) is 5.10 Å². The van der Waals surface area contributed by atoms with E-state index in [1.54, 1.807) is 6.07 Å². The maximum atomic E-state index is 13.1. The van der Waals surface area contributed by atoms with Crippen LogP contribution >= 0.6 is 0 Å². The summed E-state index contributed by atoms with van der Waals surface area (Å²) < 4.78 is 15.0. The lowest BCUT2D eigenvalue weighted by Gasteiger charge is -2.23. The molecular formula is C13H16FN3. The predicted molar refractivity (Wildman–Crippen MR) is 65.3 cm³/mol. The third-order valence-electron chi connectivity index (χ3n) is 3.33. The van der Waals surface area contributed by atoms with E-state index in [0.29, 0.717) is 6.04 Å². The van der Waals surface area contributed by atoms with Crippen LogP contribution in [-0.4, -0.2) is 22.4 Å². The Kier molecular flexibility index (Phi) is 2.81. The summed E-state index contributed by atoms with van der Waals surface area (Å²) in [6, 6.07) is 5.23. The Morgan fingerprint density at radius 3 is 3.18 bits per heavy atom. The minimum absolute atomic E-state index is 0.201. The van der Waals surface area contributed by atoms with Crippen molar-refractivity contribution in [2.24, 2.45) is 0 Å². The van der Waals surface area contributed by atoms with Gasteiger partial charge in [0.1, 0.15) is 5.82 Å². The van der Waals surface area contributed by atoms with Gasteiger partial charge in [0.25, 0.3) is 0 Å². The molecule has 2 heterocycles. The van der Waals surface area contributed by atoms with E-state index in [4.69, 9.17) is 0 Å². The van der Waals surface area contributed by atoms with Crippen molar-refractivity contribution in [3.63, 3.8) is 0 Å². The van der Waals surface area contributed by atoms with Gasteiger partial charge in [0.15, 0.2) is 0 Å². The Labute approximate surface area is 99.6 Å². The van der Waals surface area contributed by atoms with Gasteiger partial charge >= 0.3 is 0 Å². The van der Waals surface area contributed by atoms with Crippen molar-refractivity contribution in [1.82, 2.24) is 15.1 Å². The summed E-state index contributed by atoms with van der Waals surface area (Å²) in [5, 5.41) is 8.82. The Bertz CT molecular complexity index is 514. The molecule has 1 unspecified atom stereocenters. The van der Waals surface area contributed by atoms with E-state index in [1.807, 2.05) is 10.9 Å². The molecule has 90 valence electrons. The maximum Gasteiger partial charge on any atom is 0.124 e. The molecular weight excluding hydrogens is 217 g/mol. The molecule has 1 aliphatic heterocycles. The summed E-state index contributed by atoms with van der Waals surface area (Å²) in [5.41, 5.74) is 0.863. The number of aromatic nitrogens is 2. The Hall–Kier alpha value is -1.42. The van der Waals surface area contributed by atoms with Crippen molar-refractivity contribution >= 4 is 10.9 Å². The number of hydrogen-bond donors (Lipinski definition) is 1. The van der Waals surface area contributed by atoms with Crippen molar-refractivity contribution in [3.05, 3.63) is 30.2 Å². The molecule has 3 rings (SSSR count). The molecule has 17 heavy (non-hydrogen) atoms. The number of nitrogens with one attached hydrogen (secondary N) is 1. The molecule has 1 N–H and O–H groups in total. The van der Waals surface area contributed by atoms with Crippen LogP contribution in [0.15, 0.2) is 24.4 Å². The number of fused-ring (bicyclic) bond motifs is 1. The maximum absolute atomic E-state index is 13.1. The second-order valence-electron chi connectivity index (χ2n) is 4.70. The quantitative estimate of drug-likeness (QED) is 0.862. The first-order valence-electron chi connectivity index (χ1n) is 6.17. The van der Waals surface area contributed by atoms with Gasteiger partial charge < -0.3 is 5.32 Å². The molecule has 0 bridgehead atoms. The minimum Gasteiger partial charge on any atom is -0.312 e. The number of halogens is 1. The third kappa shape index (κ3) is 2.31. The average Bonchev–Trinajstić information content (AvgIpc) is 2.71. The number of piperidine rings is 1. The summed E-state index contributed by atoms with van der Waals surface area (Å²) in [4.78, 5) is 0. The van der Waals surface area contributed by atoms with E-state index in [2.05, 4.69) is 10.4 Å². The zero-order chi connectivity index (χ0) is 11.7. The molecule has 0 aliphatic carbocycles. The molecule has 1 saturated heterocycles. The fraction of sp³-hybridized carbons (Fsp3) is 0.462. The molecule has 0 radical (unpaired) electrons. The smallest absolute Gasteiger partial charge is 0.124 e. The Morgan fingerprint density at radius 2 is 2.35 bits per heavy atom. The molecule has 1 aromatic carbocycles. The first kappa shape index (κ1) is 10.7. The van der Waals surface area contributed by atoms with Gasteiger partial charge in [-0.15, -0.1) is 0 Å². The molecule has 1 atom stereocenters. The number of hydrogen-bond acceptors (Lipinski definition) is 2. The van der Waals surface area contributed by atoms with Gasteiger partial charge in [-0.05, 0) is 37.6 Å². The largest absolute Gasteiger partial charge is 0.312 e. The highest BCUT2D eigenvalue weighted by Crippen LogP contribution is 2.15. The van der Waals surface area contributed by atoms with Crippen LogP contribution < -0.4 is 5.32 Å². The number of nitrogens with zero attached hydrogens (tertiary/aromatic N) is 2. The lowest BCUT2D eigenvalue weighted by atomic mass is 10.1. The molecule has 0 spiro atoms. The Balaban J connectivity index is 1.80. The number of rotatable bonds is 2. The van der Waals surface area contributed by atoms with E-state index in [9.17, 15) is 4.39 Å². The van der Waals surface area contributed by atoms with Gasteiger partial charge in [0.2, 0.25) is 0 Å². The van der Waals surface area contributed by atoms with E-state index < -0.39 is 0 Å². The summed E-state index contributed by atoms with van der Waals surface area (Å²) in [5.74, 6) is -0.201. The normalized spacial score (nSPS) is 20.9. The topological polar surface area (TPSA) is 29.9 Å². The highest BCUT2D eigenvalue weighted by molar-refractivity contribution is 5.77. The average molecular weight is 233 g/mol. The van der Waals surface area contributed by atoms with Gasteiger partial charge in [-0.25, -0.2) is 4.39 Å². The van der Waals surface area contributed by atoms with E-state index >= 15 is 0 Å². The summed E-state index contributed by atoms with van der Waals surface area (Å²) in [7, 11) is 0. The molecule has 0 amide bonds. The lowest BCUT2D eigenvalue weighted by Crippen LogP contribution is -2.37. The van der Waals surface area contributed by atoms with Gasteiger partial charge in [0.05, 0.1) is 12.1 Å².